The maximum Gasteiger partial charge on any atom is 0.0918 e. The summed E-state index contributed by atoms with van der Waals surface area (Å²) in [6.07, 6.45) is 0.682. The quantitative estimate of drug-likeness (QED) is 0.441. The molecule has 0 aliphatic heterocycles. The van der Waals surface area contributed by atoms with Crippen molar-refractivity contribution in [3.63, 3.8) is 0 Å². The van der Waals surface area contributed by atoms with Crippen LogP contribution in [0.5, 0.6) is 0 Å². The van der Waals surface area contributed by atoms with Gasteiger partial charge in [-0.05, 0) is 20.6 Å². The molecule has 0 aromatic rings. The van der Waals surface area contributed by atoms with E-state index < -0.39 is 0 Å². The SMILES string of the molecule is CCN(CCC(=N)N)CCN(C)C. The summed E-state index contributed by atoms with van der Waals surface area (Å²) in [5.74, 6) is 0.281. The molecule has 4 nitrogen and oxygen atoms in total. The molecule has 0 aromatic carbocycles. The standard InChI is InChI=1S/C9H22N4/c1-4-13(6-5-9(10)11)8-7-12(2)3/h4-8H2,1-3H3,(H3,10,11). The molecule has 0 rings (SSSR count). The molecule has 0 aliphatic carbocycles. The minimum atomic E-state index is 0.281. The number of amidine groups is 1. The van der Waals surface area contributed by atoms with Gasteiger partial charge in [0.05, 0.1) is 5.84 Å². The van der Waals surface area contributed by atoms with Gasteiger partial charge in [0.25, 0.3) is 0 Å². The van der Waals surface area contributed by atoms with Gasteiger partial charge in [-0.1, -0.05) is 6.92 Å². The van der Waals surface area contributed by atoms with Crippen LogP contribution in [-0.4, -0.2) is 55.9 Å². The van der Waals surface area contributed by atoms with Gasteiger partial charge in [-0.25, -0.2) is 0 Å². The molecule has 0 saturated heterocycles. The van der Waals surface area contributed by atoms with Crippen molar-refractivity contribution in [2.75, 3.05) is 40.3 Å². The summed E-state index contributed by atoms with van der Waals surface area (Å²) in [6, 6.07) is 0. The fourth-order valence-electron chi connectivity index (χ4n) is 1.05. The van der Waals surface area contributed by atoms with Crippen LogP contribution in [-0.2, 0) is 0 Å². The Morgan fingerprint density at radius 1 is 1.23 bits per heavy atom. The Bertz CT molecular complexity index is 145. The maximum absolute atomic E-state index is 7.12. The predicted molar refractivity (Wildman–Crippen MR) is 57.2 cm³/mol. The van der Waals surface area contributed by atoms with Crippen LogP contribution in [0.25, 0.3) is 0 Å². The van der Waals surface area contributed by atoms with Gasteiger partial charge in [0.1, 0.15) is 0 Å². The highest BCUT2D eigenvalue weighted by Crippen LogP contribution is 1.91. The normalized spacial score (nSPS) is 11.2. The van der Waals surface area contributed by atoms with E-state index in [1.54, 1.807) is 0 Å². The minimum absolute atomic E-state index is 0.281. The van der Waals surface area contributed by atoms with Crippen molar-refractivity contribution < 1.29 is 0 Å². The first-order valence-electron chi connectivity index (χ1n) is 4.76. The van der Waals surface area contributed by atoms with Crippen LogP contribution in [0.15, 0.2) is 0 Å². The van der Waals surface area contributed by atoms with E-state index in [0.717, 1.165) is 26.2 Å². The van der Waals surface area contributed by atoms with E-state index in [-0.39, 0.29) is 5.84 Å². The van der Waals surface area contributed by atoms with E-state index in [2.05, 4.69) is 30.8 Å². The Balaban J connectivity index is 3.57. The van der Waals surface area contributed by atoms with Gasteiger partial charge in [0.2, 0.25) is 0 Å². The molecule has 0 heterocycles. The molecule has 3 N–H and O–H groups in total. The number of hydrogen-bond acceptors (Lipinski definition) is 3. The van der Waals surface area contributed by atoms with Crippen molar-refractivity contribution in [1.82, 2.24) is 9.80 Å². The average Bonchev–Trinajstić information content (AvgIpc) is 2.04. The lowest BCUT2D eigenvalue weighted by atomic mass is 10.3. The predicted octanol–water partition coefficient (Wildman–Crippen LogP) is 0.196. The molecule has 0 radical (unpaired) electrons. The molecule has 0 spiro atoms. The van der Waals surface area contributed by atoms with Crippen LogP contribution < -0.4 is 5.73 Å². The van der Waals surface area contributed by atoms with E-state index in [0.29, 0.717) is 6.42 Å². The third kappa shape index (κ3) is 7.74. The molecular weight excluding hydrogens is 164 g/mol. The van der Waals surface area contributed by atoms with Crippen LogP contribution in [0, 0.1) is 5.41 Å². The topological polar surface area (TPSA) is 56.4 Å². The molecule has 0 atom stereocenters. The summed E-state index contributed by atoms with van der Waals surface area (Å²) in [5.41, 5.74) is 5.30. The van der Waals surface area contributed by atoms with Gasteiger partial charge in [-0.3, -0.25) is 5.41 Å². The molecule has 0 unspecified atom stereocenters. The molecule has 0 bridgehead atoms. The summed E-state index contributed by atoms with van der Waals surface area (Å²) in [7, 11) is 4.14. The Kier molecular flexibility index (Phi) is 6.54. The number of nitrogens with one attached hydrogen (secondary N) is 1. The second kappa shape index (κ2) is 6.86. The van der Waals surface area contributed by atoms with Gasteiger partial charge in [-0.15, -0.1) is 0 Å². The molecule has 0 fully saturated rings. The smallest absolute Gasteiger partial charge is 0.0918 e. The van der Waals surface area contributed by atoms with E-state index in [1.807, 2.05) is 0 Å². The van der Waals surface area contributed by atoms with Gasteiger partial charge in [0, 0.05) is 26.1 Å². The first-order valence-corrected chi connectivity index (χ1v) is 4.76. The van der Waals surface area contributed by atoms with E-state index in [9.17, 15) is 0 Å². The zero-order valence-electron chi connectivity index (χ0n) is 9.01. The van der Waals surface area contributed by atoms with E-state index in [1.165, 1.54) is 0 Å². The molecular formula is C9H22N4. The van der Waals surface area contributed by atoms with Gasteiger partial charge in [-0.2, -0.15) is 0 Å². The number of likely N-dealkylation sites (N-methyl/N-ethyl adjacent to an activating group) is 2. The third-order valence-corrected chi connectivity index (χ3v) is 2.01. The first-order chi connectivity index (χ1) is 6.06. The second-order valence-corrected chi connectivity index (χ2v) is 3.51. The zero-order valence-corrected chi connectivity index (χ0v) is 9.01. The lowest BCUT2D eigenvalue weighted by Crippen LogP contribution is -2.33. The number of nitrogens with zero attached hydrogens (tertiary/aromatic N) is 2. The zero-order chi connectivity index (χ0) is 10.3. The van der Waals surface area contributed by atoms with Gasteiger partial charge < -0.3 is 15.5 Å². The summed E-state index contributed by atoms with van der Waals surface area (Å²) in [4.78, 5) is 4.47. The molecule has 0 aromatic heterocycles. The van der Waals surface area contributed by atoms with Crippen molar-refractivity contribution in [1.29, 1.82) is 5.41 Å². The number of nitrogens with two attached hydrogens (primary N) is 1. The highest BCUT2D eigenvalue weighted by atomic mass is 15.2. The summed E-state index contributed by atoms with van der Waals surface area (Å²) < 4.78 is 0. The molecule has 0 aliphatic rings. The fraction of sp³-hybridized carbons (Fsp3) is 0.889. The lowest BCUT2D eigenvalue weighted by molar-refractivity contribution is 0.256. The average molecular weight is 186 g/mol. The van der Waals surface area contributed by atoms with Gasteiger partial charge >= 0.3 is 0 Å². The van der Waals surface area contributed by atoms with Crippen molar-refractivity contribution in [2.45, 2.75) is 13.3 Å². The van der Waals surface area contributed by atoms with Crippen LogP contribution in [0.4, 0.5) is 0 Å². The van der Waals surface area contributed by atoms with E-state index in [4.69, 9.17) is 11.1 Å². The summed E-state index contributed by atoms with van der Waals surface area (Å²) >= 11 is 0. The number of rotatable bonds is 7. The van der Waals surface area contributed by atoms with Crippen molar-refractivity contribution in [3.8, 4) is 0 Å². The van der Waals surface area contributed by atoms with Crippen LogP contribution >= 0.6 is 0 Å². The van der Waals surface area contributed by atoms with Gasteiger partial charge in [0.15, 0.2) is 0 Å². The van der Waals surface area contributed by atoms with Crippen LogP contribution in [0.1, 0.15) is 13.3 Å². The highest BCUT2D eigenvalue weighted by Gasteiger charge is 2.02. The van der Waals surface area contributed by atoms with Crippen molar-refractivity contribution >= 4 is 5.84 Å². The molecule has 13 heavy (non-hydrogen) atoms. The Morgan fingerprint density at radius 2 is 1.85 bits per heavy atom. The lowest BCUT2D eigenvalue weighted by Gasteiger charge is -2.21. The van der Waals surface area contributed by atoms with E-state index >= 15 is 0 Å². The number of hydrogen-bond donors (Lipinski definition) is 2. The fourth-order valence-corrected chi connectivity index (χ4v) is 1.05. The Morgan fingerprint density at radius 3 is 2.23 bits per heavy atom. The maximum atomic E-state index is 7.12. The van der Waals surface area contributed by atoms with Crippen molar-refractivity contribution in [2.24, 2.45) is 5.73 Å². The highest BCUT2D eigenvalue weighted by molar-refractivity contribution is 5.76. The third-order valence-electron chi connectivity index (χ3n) is 2.01. The second-order valence-electron chi connectivity index (χ2n) is 3.51. The molecule has 4 heteroatoms. The largest absolute Gasteiger partial charge is 0.388 e. The van der Waals surface area contributed by atoms with Crippen molar-refractivity contribution in [3.05, 3.63) is 0 Å². The Labute approximate surface area is 81.2 Å². The molecule has 0 amide bonds. The monoisotopic (exact) mass is 186 g/mol. The minimum Gasteiger partial charge on any atom is -0.388 e. The Hall–Kier alpha value is -0.610. The van der Waals surface area contributed by atoms with Crippen LogP contribution in [0.2, 0.25) is 0 Å². The molecule has 78 valence electrons. The summed E-state index contributed by atoms with van der Waals surface area (Å²) in [6.45, 7) is 6.18. The molecule has 0 saturated carbocycles. The summed E-state index contributed by atoms with van der Waals surface area (Å²) in [5, 5.41) is 7.12. The first kappa shape index (κ1) is 12.4. The van der Waals surface area contributed by atoms with Crippen LogP contribution in [0.3, 0.4) is 0 Å².